The third-order valence-electron chi connectivity index (χ3n) is 2.37. The van der Waals surface area contributed by atoms with Gasteiger partial charge in [0.15, 0.2) is 0 Å². The first-order chi connectivity index (χ1) is 8.54. The van der Waals surface area contributed by atoms with E-state index in [0.29, 0.717) is 18.7 Å². The van der Waals surface area contributed by atoms with E-state index >= 15 is 0 Å². The topological polar surface area (TPSA) is 46.6 Å². The van der Waals surface area contributed by atoms with Crippen LogP contribution in [0.15, 0.2) is 28.7 Å². The van der Waals surface area contributed by atoms with Crippen molar-refractivity contribution in [1.82, 2.24) is 4.90 Å². The molecule has 0 saturated carbocycles. The second kappa shape index (κ2) is 7.16. The summed E-state index contributed by atoms with van der Waals surface area (Å²) in [6.07, 6.45) is 0.212. The molecule has 0 radical (unpaired) electrons. The maximum atomic E-state index is 12.0. The first-order valence-corrected chi connectivity index (χ1v) is 6.50. The summed E-state index contributed by atoms with van der Waals surface area (Å²) in [4.78, 5) is 24.7. The molecule has 0 unspecified atom stereocenters. The lowest BCUT2D eigenvalue weighted by molar-refractivity contribution is -0.143. The first-order valence-electron chi connectivity index (χ1n) is 5.71. The first kappa shape index (κ1) is 14.7. The van der Waals surface area contributed by atoms with E-state index in [0.717, 1.165) is 4.47 Å². The van der Waals surface area contributed by atoms with Crippen LogP contribution >= 0.6 is 15.9 Å². The molecule has 1 aromatic rings. The molecule has 1 aromatic carbocycles. The molecule has 0 heterocycles. The van der Waals surface area contributed by atoms with Gasteiger partial charge < -0.3 is 9.64 Å². The predicted octanol–water partition coefficient (Wildman–Crippen LogP) is 2.47. The van der Waals surface area contributed by atoms with E-state index < -0.39 is 0 Å². The van der Waals surface area contributed by atoms with Crippen LogP contribution in [0.4, 0.5) is 0 Å². The van der Waals surface area contributed by atoms with Gasteiger partial charge in [-0.25, -0.2) is 0 Å². The van der Waals surface area contributed by atoms with Gasteiger partial charge in [-0.05, 0) is 25.1 Å². The van der Waals surface area contributed by atoms with Crippen LogP contribution in [0.3, 0.4) is 0 Å². The van der Waals surface area contributed by atoms with Gasteiger partial charge in [-0.1, -0.05) is 22.0 Å². The van der Waals surface area contributed by atoms with E-state index in [1.807, 2.05) is 6.07 Å². The molecule has 0 aliphatic heterocycles. The average Bonchev–Trinajstić information content (AvgIpc) is 2.35. The molecule has 1 amide bonds. The summed E-state index contributed by atoms with van der Waals surface area (Å²) in [5.74, 6) is -0.396. The number of benzene rings is 1. The van der Waals surface area contributed by atoms with Gasteiger partial charge in [0.2, 0.25) is 0 Å². The Morgan fingerprint density at radius 1 is 1.39 bits per heavy atom. The smallest absolute Gasteiger partial charge is 0.307 e. The summed E-state index contributed by atoms with van der Waals surface area (Å²) in [6.45, 7) is 2.47. The molecule has 0 saturated heterocycles. The third-order valence-corrected chi connectivity index (χ3v) is 2.87. The number of esters is 1. The Balaban J connectivity index is 2.54. The van der Waals surface area contributed by atoms with E-state index in [4.69, 9.17) is 4.74 Å². The molecule has 18 heavy (non-hydrogen) atoms. The average molecular weight is 314 g/mol. The fourth-order valence-electron chi connectivity index (χ4n) is 1.44. The predicted molar refractivity (Wildman–Crippen MR) is 72.4 cm³/mol. The van der Waals surface area contributed by atoms with Gasteiger partial charge in [0.1, 0.15) is 0 Å². The van der Waals surface area contributed by atoms with Gasteiger partial charge in [-0.3, -0.25) is 9.59 Å². The van der Waals surface area contributed by atoms with E-state index in [9.17, 15) is 9.59 Å². The molecule has 0 fully saturated rings. The molecule has 98 valence electrons. The zero-order chi connectivity index (χ0) is 13.5. The molecule has 0 bridgehead atoms. The molecule has 1 rings (SSSR count). The summed E-state index contributed by atoms with van der Waals surface area (Å²) in [6, 6.07) is 7.16. The van der Waals surface area contributed by atoms with Crippen molar-refractivity contribution in [2.24, 2.45) is 0 Å². The SMILES string of the molecule is CCOC(=O)CCN(C)C(=O)c1cccc(Br)c1. The van der Waals surface area contributed by atoms with Crippen LogP contribution in [0, 0.1) is 0 Å². The van der Waals surface area contributed by atoms with E-state index in [1.54, 1.807) is 32.2 Å². The number of nitrogens with zero attached hydrogens (tertiary/aromatic N) is 1. The summed E-state index contributed by atoms with van der Waals surface area (Å²) >= 11 is 3.32. The monoisotopic (exact) mass is 313 g/mol. The Kier molecular flexibility index (Phi) is 5.85. The lowest BCUT2D eigenvalue weighted by atomic mass is 10.2. The van der Waals surface area contributed by atoms with Crippen molar-refractivity contribution in [2.45, 2.75) is 13.3 Å². The minimum Gasteiger partial charge on any atom is -0.466 e. The van der Waals surface area contributed by atoms with Crippen molar-refractivity contribution >= 4 is 27.8 Å². The number of amides is 1. The molecule has 4 nitrogen and oxygen atoms in total. The minimum absolute atomic E-state index is 0.111. The van der Waals surface area contributed by atoms with Gasteiger partial charge in [0, 0.05) is 23.6 Å². The zero-order valence-electron chi connectivity index (χ0n) is 10.5. The Hall–Kier alpha value is -1.36. The Morgan fingerprint density at radius 2 is 2.11 bits per heavy atom. The van der Waals surface area contributed by atoms with Crippen molar-refractivity contribution in [2.75, 3.05) is 20.2 Å². The second-order valence-corrected chi connectivity index (χ2v) is 4.71. The summed E-state index contributed by atoms with van der Waals surface area (Å²) in [5, 5.41) is 0. The van der Waals surface area contributed by atoms with Crippen LogP contribution in [0.1, 0.15) is 23.7 Å². The van der Waals surface area contributed by atoms with Crippen LogP contribution in [-0.4, -0.2) is 37.0 Å². The maximum absolute atomic E-state index is 12.0. The van der Waals surface area contributed by atoms with E-state index in [-0.39, 0.29) is 18.3 Å². The highest BCUT2D eigenvalue weighted by atomic mass is 79.9. The highest BCUT2D eigenvalue weighted by Crippen LogP contribution is 2.13. The fraction of sp³-hybridized carbons (Fsp3) is 0.385. The van der Waals surface area contributed by atoms with Crippen molar-refractivity contribution in [3.8, 4) is 0 Å². The Morgan fingerprint density at radius 3 is 2.72 bits per heavy atom. The van der Waals surface area contributed by atoms with E-state index in [1.165, 1.54) is 4.90 Å². The van der Waals surface area contributed by atoms with Crippen molar-refractivity contribution in [1.29, 1.82) is 0 Å². The van der Waals surface area contributed by atoms with Gasteiger partial charge in [-0.2, -0.15) is 0 Å². The Bertz CT molecular complexity index is 434. The number of ether oxygens (including phenoxy) is 1. The number of rotatable bonds is 5. The van der Waals surface area contributed by atoms with Gasteiger partial charge >= 0.3 is 5.97 Å². The number of hydrogen-bond acceptors (Lipinski definition) is 3. The summed E-state index contributed by atoms with van der Waals surface area (Å²) < 4.78 is 5.67. The third kappa shape index (κ3) is 4.49. The highest BCUT2D eigenvalue weighted by molar-refractivity contribution is 9.10. The number of halogens is 1. The summed E-state index contributed by atoms with van der Waals surface area (Å²) in [7, 11) is 1.67. The lowest BCUT2D eigenvalue weighted by Crippen LogP contribution is -2.29. The van der Waals surface area contributed by atoms with Gasteiger partial charge in [0.05, 0.1) is 13.0 Å². The minimum atomic E-state index is -0.286. The molecule has 0 N–H and O–H groups in total. The maximum Gasteiger partial charge on any atom is 0.307 e. The van der Waals surface area contributed by atoms with Crippen molar-refractivity contribution in [3.05, 3.63) is 34.3 Å². The molecular weight excluding hydrogens is 298 g/mol. The van der Waals surface area contributed by atoms with Crippen molar-refractivity contribution < 1.29 is 14.3 Å². The van der Waals surface area contributed by atoms with Crippen LogP contribution in [0.5, 0.6) is 0 Å². The van der Waals surface area contributed by atoms with E-state index in [2.05, 4.69) is 15.9 Å². The standard InChI is InChI=1S/C13H16BrNO3/c1-3-18-12(16)7-8-15(2)13(17)10-5-4-6-11(14)9-10/h4-6,9H,3,7-8H2,1-2H3. The van der Waals surface area contributed by atoms with Crippen LogP contribution in [0.2, 0.25) is 0 Å². The lowest BCUT2D eigenvalue weighted by Gasteiger charge is -2.16. The van der Waals surface area contributed by atoms with Gasteiger partial charge in [-0.15, -0.1) is 0 Å². The largest absolute Gasteiger partial charge is 0.466 e. The highest BCUT2D eigenvalue weighted by Gasteiger charge is 2.13. The van der Waals surface area contributed by atoms with Crippen LogP contribution in [-0.2, 0) is 9.53 Å². The molecular formula is C13H16BrNO3. The van der Waals surface area contributed by atoms with Gasteiger partial charge in [0.25, 0.3) is 5.91 Å². The number of carbonyl (C=O) groups excluding carboxylic acids is 2. The van der Waals surface area contributed by atoms with Crippen LogP contribution < -0.4 is 0 Å². The zero-order valence-corrected chi connectivity index (χ0v) is 12.1. The second-order valence-electron chi connectivity index (χ2n) is 3.79. The van der Waals surface area contributed by atoms with Crippen molar-refractivity contribution in [3.63, 3.8) is 0 Å². The molecule has 0 aliphatic rings. The molecule has 5 heteroatoms. The molecule has 0 spiro atoms. The number of hydrogen-bond donors (Lipinski definition) is 0. The summed E-state index contributed by atoms with van der Waals surface area (Å²) in [5.41, 5.74) is 0.593. The molecule has 0 aromatic heterocycles. The number of carbonyl (C=O) groups is 2. The molecule has 0 aliphatic carbocycles. The quantitative estimate of drug-likeness (QED) is 0.785. The fourth-order valence-corrected chi connectivity index (χ4v) is 1.83. The normalized spacial score (nSPS) is 9.94. The van der Waals surface area contributed by atoms with Crippen LogP contribution in [0.25, 0.3) is 0 Å². The molecule has 0 atom stereocenters. The Labute approximate surface area is 115 Å².